The summed E-state index contributed by atoms with van der Waals surface area (Å²) in [6.45, 7) is 0.437. The van der Waals surface area contributed by atoms with Crippen molar-refractivity contribution in [2.45, 2.75) is 13.0 Å². The maximum absolute atomic E-state index is 12.4. The fourth-order valence-electron chi connectivity index (χ4n) is 3.01. The Labute approximate surface area is 134 Å². The molecular formula is C20H17FN2. The van der Waals surface area contributed by atoms with Crippen LogP contribution in [0.2, 0.25) is 0 Å². The van der Waals surface area contributed by atoms with Gasteiger partial charge in [-0.1, -0.05) is 30.3 Å². The van der Waals surface area contributed by atoms with Gasteiger partial charge in [0, 0.05) is 34.6 Å². The van der Waals surface area contributed by atoms with Crippen molar-refractivity contribution >= 4 is 21.8 Å². The molecular weight excluding hydrogens is 287 g/mol. The van der Waals surface area contributed by atoms with E-state index in [2.05, 4.69) is 47.0 Å². The second-order valence-corrected chi connectivity index (χ2v) is 5.71. The maximum Gasteiger partial charge on any atom is 0.0911 e. The van der Waals surface area contributed by atoms with Gasteiger partial charge in [0.15, 0.2) is 0 Å². The van der Waals surface area contributed by atoms with Crippen LogP contribution in [-0.4, -0.2) is 16.2 Å². The van der Waals surface area contributed by atoms with E-state index in [0.29, 0.717) is 13.0 Å². The third-order valence-electron chi connectivity index (χ3n) is 4.20. The number of alkyl halides is 1. The van der Waals surface area contributed by atoms with Gasteiger partial charge in [0.25, 0.3) is 0 Å². The van der Waals surface area contributed by atoms with Crippen LogP contribution >= 0.6 is 0 Å². The van der Waals surface area contributed by atoms with Gasteiger partial charge in [0.2, 0.25) is 0 Å². The number of fused-ring (bicyclic) bond motifs is 2. The molecule has 114 valence electrons. The summed E-state index contributed by atoms with van der Waals surface area (Å²) in [5, 5.41) is 2.31. The lowest BCUT2D eigenvalue weighted by molar-refractivity contribution is 0.450. The number of pyridine rings is 1. The smallest absolute Gasteiger partial charge is 0.0911 e. The van der Waals surface area contributed by atoms with E-state index in [0.717, 1.165) is 33.1 Å². The molecule has 2 aromatic carbocycles. The first kappa shape index (κ1) is 13.9. The molecule has 0 aliphatic rings. The first-order valence-corrected chi connectivity index (χ1v) is 7.86. The van der Waals surface area contributed by atoms with E-state index in [1.54, 1.807) is 0 Å². The topological polar surface area (TPSA) is 17.8 Å². The third-order valence-corrected chi connectivity index (χ3v) is 4.20. The number of hydrogen-bond acceptors (Lipinski definition) is 1. The summed E-state index contributed by atoms with van der Waals surface area (Å²) < 4.78 is 14.5. The Kier molecular flexibility index (Phi) is 3.54. The van der Waals surface area contributed by atoms with Gasteiger partial charge in [0.1, 0.15) is 0 Å². The number of rotatable bonds is 4. The Morgan fingerprint density at radius 2 is 1.83 bits per heavy atom. The second kappa shape index (κ2) is 5.84. The van der Waals surface area contributed by atoms with Gasteiger partial charge in [-0.15, -0.1) is 0 Å². The third kappa shape index (κ3) is 2.59. The van der Waals surface area contributed by atoms with Crippen LogP contribution in [0, 0.1) is 0 Å². The van der Waals surface area contributed by atoms with E-state index in [1.165, 1.54) is 0 Å². The van der Waals surface area contributed by atoms with Crippen LogP contribution < -0.4 is 0 Å². The van der Waals surface area contributed by atoms with Crippen molar-refractivity contribution < 1.29 is 4.39 Å². The van der Waals surface area contributed by atoms with Gasteiger partial charge in [-0.25, -0.2) is 4.98 Å². The zero-order valence-electron chi connectivity index (χ0n) is 12.7. The number of nitrogens with zero attached hydrogens (tertiary/aromatic N) is 2. The number of hydrogen-bond donors (Lipinski definition) is 0. The largest absolute Gasteiger partial charge is 0.347 e. The van der Waals surface area contributed by atoms with Gasteiger partial charge in [-0.3, -0.25) is 4.39 Å². The molecule has 0 radical (unpaired) electrons. The van der Waals surface area contributed by atoms with Gasteiger partial charge < -0.3 is 4.57 Å². The Morgan fingerprint density at radius 3 is 2.74 bits per heavy atom. The van der Waals surface area contributed by atoms with Crippen molar-refractivity contribution in [2.75, 3.05) is 6.67 Å². The highest BCUT2D eigenvalue weighted by molar-refractivity contribution is 5.87. The second-order valence-electron chi connectivity index (χ2n) is 5.71. The average Bonchev–Trinajstić information content (AvgIpc) is 3.01. The Balaban J connectivity index is 1.75. The van der Waals surface area contributed by atoms with E-state index < -0.39 is 0 Å². The lowest BCUT2D eigenvalue weighted by atomic mass is 10.1. The molecule has 0 unspecified atom stereocenters. The van der Waals surface area contributed by atoms with Gasteiger partial charge >= 0.3 is 0 Å². The van der Waals surface area contributed by atoms with E-state index in [1.807, 2.05) is 24.4 Å². The summed E-state index contributed by atoms with van der Waals surface area (Å²) in [5.74, 6) is 0. The lowest BCUT2D eigenvalue weighted by Gasteiger charge is -2.06. The first-order valence-electron chi connectivity index (χ1n) is 7.86. The minimum Gasteiger partial charge on any atom is -0.347 e. The maximum atomic E-state index is 12.4. The summed E-state index contributed by atoms with van der Waals surface area (Å²) in [6.07, 6.45) is 2.58. The van der Waals surface area contributed by atoms with Crippen LogP contribution in [0.1, 0.15) is 6.42 Å². The molecule has 3 heteroatoms. The summed E-state index contributed by atoms with van der Waals surface area (Å²) in [4.78, 5) is 4.75. The van der Waals surface area contributed by atoms with Crippen LogP contribution in [0.4, 0.5) is 4.39 Å². The molecule has 0 fully saturated rings. The minimum absolute atomic E-state index is 0.279. The molecule has 2 aromatic heterocycles. The highest BCUT2D eigenvalue weighted by Gasteiger charge is 2.05. The Hall–Kier alpha value is -2.68. The number of halogens is 1. The molecule has 4 aromatic rings. The quantitative estimate of drug-likeness (QED) is 0.505. The molecule has 4 rings (SSSR count). The molecule has 0 saturated carbocycles. The average molecular weight is 304 g/mol. The monoisotopic (exact) mass is 304 g/mol. The van der Waals surface area contributed by atoms with Gasteiger partial charge in [0.05, 0.1) is 17.9 Å². The van der Waals surface area contributed by atoms with E-state index in [-0.39, 0.29) is 6.67 Å². The van der Waals surface area contributed by atoms with E-state index in [4.69, 9.17) is 4.98 Å². The summed E-state index contributed by atoms with van der Waals surface area (Å²) in [7, 11) is 0. The number of aromatic nitrogens is 2. The SMILES string of the molecule is FCCCn1ccc2cc(-c3ccc4ccccc4n3)ccc21. The molecule has 23 heavy (non-hydrogen) atoms. The van der Waals surface area contributed by atoms with Gasteiger partial charge in [-0.05, 0) is 36.8 Å². The molecule has 0 bridgehead atoms. The van der Waals surface area contributed by atoms with Crippen molar-refractivity contribution in [3.8, 4) is 11.3 Å². The van der Waals surface area contributed by atoms with Crippen LogP contribution in [0.25, 0.3) is 33.1 Å². The van der Waals surface area contributed by atoms with E-state index >= 15 is 0 Å². The van der Waals surface area contributed by atoms with Crippen molar-refractivity contribution in [2.24, 2.45) is 0 Å². The summed E-state index contributed by atoms with van der Waals surface area (Å²) in [6, 6.07) is 20.7. The summed E-state index contributed by atoms with van der Waals surface area (Å²) >= 11 is 0. The molecule has 0 aliphatic heterocycles. The van der Waals surface area contributed by atoms with E-state index in [9.17, 15) is 4.39 Å². The van der Waals surface area contributed by atoms with Gasteiger partial charge in [-0.2, -0.15) is 0 Å². The van der Waals surface area contributed by atoms with Crippen molar-refractivity contribution in [1.29, 1.82) is 0 Å². The fraction of sp³-hybridized carbons (Fsp3) is 0.150. The molecule has 0 saturated heterocycles. The zero-order chi connectivity index (χ0) is 15.6. The Bertz CT molecular complexity index is 972. The molecule has 0 N–H and O–H groups in total. The standard InChI is InChI=1S/C20H17FN2/c21-11-3-12-23-13-10-17-14-16(7-9-20(17)23)19-8-6-15-4-1-2-5-18(15)22-19/h1-2,4-10,13-14H,3,11-12H2. The predicted octanol–water partition coefficient (Wildman–Crippen LogP) is 5.22. The Morgan fingerprint density at radius 1 is 0.913 bits per heavy atom. The molecule has 0 atom stereocenters. The number of benzene rings is 2. The predicted molar refractivity (Wildman–Crippen MR) is 93.3 cm³/mol. The normalized spacial score (nSPS) is 11.3. The van der Waals surface area contributed by atoms with Crippen LogP contribution in [-0.2, 0) is 6.54 Å². The zero-order valence-corrected chi connectivity index (χ0v) is 12.7. The van der Waals surface area contributed by atoms with Crippen molar-refractivity contribution in [1.82, 2.24) is 9.55 Å². The molecule has 2 nitrogen and oxygen atoms in total. The van der Waals surface area contributed by atoms with Crippen LogP contribution in [0.15, 0.2) is 66.9 Å². The van der Waals surface area contributed by atoms with Crippen LogP contribution in [0.3, 0.4) is 0 Å². The summed E-state index contributed by atoms with van der Waals surface area (Å²) in [5.41, 5.74) is 4.22. The number of para-hydroxylation sites is 1. The minimum atomic E-state index is -0.279. The highest BCUT2D eigenvalue weighted by atomic mass is 19.1. The van der Waals surface area contributed by atoms with Crippen molar-refractivity contribution in [3.05, 3.63) is 66.9 Å². The highest BCUT2D eigenvalue weighted by Crippen LogP contribution is 2.26. The molecule has 0 spiro atoms. The van der Waals surface area contributed by atoms with Crippen LogP contribution in [0.5, 0.6) is 0 Å². The molecule has 0 aliphatic carbocycles. The molecule has 0 amide bonds. The van der Waals surface area contributed by atoms with Crippen molar-refractivity contribution in [3.63, 3.8) is 0 Å². The first-order chi connectivity index (χ1) is 11.3. The number of aryl methyl sites for hydroxylation is 1. The lowest BCUT2D eigenvalue weighted by Crippen LogP contribution is -1.96. The molecule has 2 heterocycles. The fourth-order valence-corrected chi connectivity index (χ4v) is 3.01.